The van der Waals surface area contributed by atoms with Crippen LogP contribution in [0.5, 0.6) is 5.75 Å². The van der Waals surface area contributed by atoms with Gasteiger partial charge in [0.25, 0.3) is 0 Å². The molecular formula is C14H23NOS. The Kier molecular flexibility index (Phi) is 5.86. The van der Waals surface area contributed by atoms with Gasteiger partial charge in [-0.2, -0.15) is 11.8 Å². The molecule has 0 fully saturated rings. The number of thioether (sulfide) groups is 1. The van der Waals surface area contributed by atoms with Crippen LogP contribution in [0.15, 0.2) is 18.2 Å². The topological polar surface area (TPSA) is 35.2 Å². The van der Waals surface area contributed by atoms with Gasteiger partial charge in [0.2, 0.25) is 0 Å². The normalized spacial score (nSPS) is 12.8. The highest BCUT2D eigenvalue weighted by Gasteiger charge is 2.13. The van der Waals surface area contributed by atoms with Gasteiger partial charge in [0.15, 0.2) is 0 Å². The van der Waals surface area contributed by atoms with Crippen LogP contribution in [-0.4, -0.2) is 19.1 Å². The quantitative estimate of drug-likeness (QED) is 0.841. The Bertz CT molecular complexity index is 352. The second kappa shape index (κ2) is 6.92. The molecule has 0 bridgehead atoms. The molecule has 0 saturated heterocycles. The van der Waals surface area contributed by atoms with Crippen LogP contribution in [0.25, 0.3) is 0 Å². The molecule has 2 nitrogen and oxygen atoms in total. The van der Waals surface area contributed by atoms with Crippen LogP contribution < -0.4 is 10.5 Å². The first-order chi connectivity index (χ1) is 8.10. The van der Waals surface area contributed by atoms with Crippen LogP contribution in [0.4, 0.5) is 0 Å². The van der Waals surface area contributed by atoms with Crippen molar-refractivity contribution in [2.24, 2.45) is 5.73 Å². The van der Waals surface area contributed by atoms with Gasteiger partial charge in [0, 0.05) is 11.6 Å². The number of methoxy groups -OCH3 is 1. The molecule has 1 atom stereocenters. The van der Waals surface area contributed by atoms with Gasteiger partial charge in [-0.3, -0.25) is 0 Å². The maximum atomic E-state index is 6.19. The molecule has 0 radical (unpaired) electrons. The average molecular weight is 253 g/mol. The standard InChI is InChI=1S/C14H23NOS/c1-10(2)11-5-6-12(14(9-11)16-3)13(15)7-8-17-4/h5-6,9-10,13H,7-8,15H2,1-4H3. The molecule has 1 aromatic rings. The van der Waals surface area contributed by atoms with Crippen molar-refractivity contribution in [3.63, 3.8) is 0 Å². The summed E-state index contributed by atoms with van der Waals surface area (Å²) in [5, 5.41) is 0. The summed E-state index contributed by atoms with van der Waals surface area (Å²) >= 11 is 1.83. The fourth-order valence-electron chi connectivity index (χ4n) is 1.79. The predicted molar refractivity (Wildman–Crippen MR) is 77.0 cm³/mol. The number of rotatable bonds is 6. The van der Waals surface area contributed by atoms with Crippen LogP contribution in [0.2, 0.25) is 0 Å². The van der Waals surface area contributed by atoms with Gasteiger partial charge in [-0.05, 0) is 36.0 Å². The zero-order chi connectivity index (χ0) is 12.8. The maximum absolute atomic E-state index is 6.19. The van der Waals surface area contributed by atoms with E-state index in [2.05, 4.69) is 38.3 Å². The zero-order valence-corrected chi connectivity index (χ0v) is 12.0. The SMILES string of the molecule is COc1cc(C(C)C)ccc1C(N)CCSC. The first-order valence-electron chi connectivity index (χ1n) is 6.02. The van der Waals surface area contributed by atoms with Crippen molar-refractivity contribution >= 4 is 11.8 Å². The molecule has 0 aromatic heterocycles. The van der Waals surface area contributed by atoms with Crippen LogP contribution in [-0.2, 0) is 0 Å². The highest BCUT2D eigenvalue weighted by Crippen LogP contribution is 2.29. The number of hydrogen-bond donors (Lipinski definition) is 1. The molecular weight excluding hydrogens is 230 g/mol. The van der Waals surface area contributed by atoms with Crippen molar-refractivity contribution in [1.82, 2.24) is 0 Å². The third-order valence-corrected chi connectivity index (χ3v) is 3.60. The summed E-state index contributed by atoms with van der Waals surface area (Å²) in [7, 11) is 1.71. The summed E-state index contributed by atoms with van der Waals surface area (Å²) in [4.78, 5) is 0. The molecule has 0 amide bonds. The number of hydrogen-bond acceptors (Lipinski definition) is 3. The summed E-state index contributed by atoms with van der Waals surface area (Å²) in [6.45, 7) is 4.37. The molecule has 0 heterocycles. The molecule has 0 aliphatic rings. The minimum atomic E-state index is 0.0682. The Morgan fingerprint density at radius 2 is 2.06 bits per heavy atom. The van der Waals surface area contributed by atoms with E-state index in [9.17, 15) is 0 Å². The maximum Gasteiger partial charge on any atom is 0.123 e. The van der Waals surface area contributed by atoms with Crippen molar-refractivity contribution in [2.75, 3.05) is 19.1 Å². The second-order valence-electron chi connectivity index (χ2n) is 4.54. The number of nitrogens with two attached hydrogens (primary N) is 1. The fraction of sp³-hybridized carbons (Fsp3) is 0.571. The summed E-state index contributed by atoms with van der Waals surface area (Å²) in [6, 6.07) is 6.44. The Hall–Kier alpha value is -0.670. The molecule has 2 N–H and O–H groups in total. The molecule has 17 heavy (non-hydrogen) atoms. The van der Waals surface area contributed by atoms with E-state index >= 15 is 0 Å². The van der Waals surface area contributed by atoms with Crippen molar-refractivity contribution in [2.45, 2.75) is 32.2 Å². The first kappa shape index (κ1) is 14.4. The van der Waals surface area contributed by atoms with E-state index in [1.54, 1.807) is 7.11 Å². The lowest BCUT2D eigenvalue weighted by Gasteiger charge is -2.17. The molecule has 1 aromatic carbocycles. The molecule has 0 spiro atoms. The first-order valence-corrected chi connectivity index (χ1v) is 7.41. The van der Waals surface area contributed by atoms with Gasteiger partial charge in [-0.15, -0.1) is 0 Å². The third kappa shape index (κ3) is 3.93. The van der Waals surface area contributed by atoms with Gasteiger partial charge in [0.05, 0.1) is 7.11 Å². The smallest absolute Gasteiger partial charge is 0.123 e. The monoisotopic (exact) mass is 253 g/mol. The summed E-state index contributed by atoms with van der Waals surface area (Å²) in [5.41, 5.74) is 8.60. The van der Waals surface area contributed by atoms with E-state index in [-0.39, 0.29) is 6.04 Å². The molecule has 96 valence electrons. The third-order valence-electron chi connectivity index (χ3n) is 2.96. The minimum absolute atomic E-state index is 0.0682. The van der Waals surface area contributed by atoms with Gasteiger partial charge in [0.1, 0.15) is 5.75 Å². The predicted octanol–water partition coefficient (Wildman–Crippen LogP) is 3.57. The molecule has 0 saturated carbocycles. The highest BCUT2D eigenvalue weighted by molar-refractivity contribution is 7.98. The van der Waals surface area contributed by atoms with Crippen LogP contribution in [0, 0.1) is 0 Å². The van der Waals surface area contributed by atoms with Gasteiger partial charge >= 0.3 is 0 Å². The van der Waals surface area contributed by atoms with Crippen LogP contribution in [0.1, 0.15) is 43.4 Å². The lowest BCUT2D eigenvalue weighted by Crippen LogP contribution is -2.12. The Morgan fingerprint density at radius 1 is 1.35 bits per heavy atom. The van der Waals surface area contributed by atoms with Crippen molar-refractivity contribution in [1.29, 1.82) is 0 Å². The lowest BCUT2D eigenvalue weighted by atomic mass is 9.97. The van der Waals surface area contributed by atoms with E-state index in [4.69, 9.17) is 10.5 Å². The Morgan fingerprint density at radius 3 is 2.59 bits per heavy atom. The number of benzene rings is 1. The van der Waals surface area contributed by atoms with Gasteiger partial charge in [-0.1, -0.05) is 26.0 Å². The summed E-state index contributed by atoms with van der Waals surface area (Å²) in [5.74, 6) is 2.51. The largest absolute Gasteiger partial charge is 0.496 e. The second-order valence-corrected chi connectivity index (χ2v) is 5.53. The molecule has 0 aliphatic carbocycles. The molecule has 3 heteroatoms. The minimum Gasteiger partial charge on any atom is -0.496 e. The lowest BCUT2D eigenvalue weighted by molar-refractivity contribution is 0.404. The van der Waals surface area contributed by atoms with Crippen LogP contribution >= 0.6 is 11.8 Å². The van der Waals surface area contributed by atoms with E-state index in [1.165, 1.54) is 5.56 Å². The van der Waals surface area contributed by atoms with E-state index < -0.39 is 0 Å². The Balaban J connectivity index is 2.91. The van der Waals surface area contributed by atoms with Crippen molar-refractivity contribution < 1.29 is 4.74 Å². The van der Waals surface area contributed by atoms with E-state index in [1.807, 2.05) is 11.8 Å². The molecule has 1 unspecified atom stereocenters. The van der Waals surface area contributed by atoms with Crippen molar-refractivity contribution in [3.8, 4) is 5.75 Å². The van der Waals surface area contributed by atoms with Gasteiger partial charge < -0.3 is 10.5 Å². The average Bonchev–Trinajstić information content (AvgIpc) is 2.34. The summed E-state index contributed by atoms with van der Waals surface area (Å²) in [6.07, 6.45) is 3.09. The van der Waals surface area contributed by atoms with E-state index in [0.717, 1.165) is 23.5 Å². The fourth-order valence-corrected chi connectivity index (χ4v) is 2.28. The van der Waals surface area contributed by atoms with Crippen molar-refractivity contribution in [3.05, 3.63) is 29.3 Å². The van der Waals surface area contributed by atoms with E-state index in [0.29, 0.717) is 5.92 Å². The highest BCUT2D eigenvalue weighted by atomic mass is 32.2. The van der Waals surface area contributed by atoms with Gasteiger partial charge in [-0.25, -0.2) is 0 Å². The van der Waals surface area contributed by atoms with Crippen LogP contribution in [0.3, 0.4) is 0 Å². The number of ether oxygens (including phenoxy) is 1. The zero-order valence-electron chi connectivity index (χ0n) is 11.2. The summed E-state index contributed by atoms with van der Waals surface area (Å²) < 4.78 is 5.45. The molecule has 1 rings (SSSR count). The Labute approximate surface area is 109 Å². The molecule has 0 aliphatic heterocycles.